The summed E-state index contributed by atoms with van der Waals surface area (Å²) in [6, 6.07) is 17.6. The van der Waals surface area contributed by atoms with Crippen LogP contribution in [0.25, 0.3) is 11.1 Å². The van der Waals surface area contributed by atoms with E-state index in [0.717, 1.165) is 34.4 Å². The second-order valence-electron chi connectivity index (χ2n) is 8.04. The van der Waals surface area contributed by atoms with Gasteiger partial charge in [0.1, 0.15) is 6.04 Å². The van der Waals surface area contributed by atoms with E-state index in [1.54, 1.807) is 0 Å². The van der Waals surface area contributed by atoms with Gasteiger partial charge in [0, 0.05) is 0 Å². The molecule has 0 radical (unpaired) electrons. The topological polar surface area (TPSA) is 66.8 Å². The zero-order chi connectivity index (χ0) is 24.5. The number of hydrogen-bond donors (Lipinski definition) is 1. The van der Waals surface area contributed by atoms with Gasteiger partial charge in [0.05, 0.1) is 18.7 Å². The molecule has 4 rings (SSSR count). The maximum Gasteiger partial charge on any atom is 0.416 e. The molecule has 1 aliphatic carbocycles. The lowest BCUT2D eigenvalue weighted by molar-refractivity contribution is -0.143. The number of fused-ring (bicyclic) bond motifs is 3. The van der Waals surface area contributed by atoms with Gasteiger partial charge in [-0.1, -0.05) is 60.7 Å². The molecular weight excluding hydrogens is 447 g/mol. The molecule has 0 saturated heterocycles. The minimum atomic E-state index is -4.45. The number of aliphatic carboxylic acids is 1. The van der Waals surface area contributed by atoms with Crippen LogP contribution < -0.4 is 0 Å². The van der Waals surface area contributed by atoms with Gasteiger partial charge >= 0.3 is 18.2 Å². The summed E-state index contributed by atoms with van der Waals surface area (Å²) >= 11 is 0. The van der Waals surface area contributed by atoms with Gasteiger partial charge in [0.2, 0.25) is 0 Å². The number of benzene rings is 3. The standard InChI is InChI=1S/C26H22F3NO4/c1-34-25(33)30(23-20-8-4-2-6-18(20)19-7-3-5-9-21(19)23)22(24(31)32)15-12-16-10-13-17(14-11-16)26(27,28)29/h2-11,13-14,22-23H,12,15H2,1H3,(H,31,32)/t22-/m0/s1. The monoisotopic (exact) mass is 469 g/mol. The van der Waals surface area contributed by atoms with Crippen LogP contribution in [-0.2, 0) is 22.1 Å². The Hall–Kier alpha value is -3.81. The lowest BCUT2D eigenvalue weighted by atomic mass is 9.98. The smallest absolute Gasteiger partial charge is 0.416 e. The molecule has 1 amide bonds. The molecule has 0 unspecified atom stereocenters. The molecule has 0 saturated carbocycles. The summed E-state index contributed by atoms with van der Waals surface area (Å²) in [5, 5.41) is 10.1. The van der Waals surface area contributed by atoms with Crippen LogP contribution in [0.3, 0.4) is 0 Å². The first-order chi connectivity index (χ1) is 16.2. The molecule has 3 aromatic carbocycles. The first kappa shape index (κ1) is 23.4. The molecule has 3 aromatic rings. The van der Waals surface area contributed by atoms with Crippen molar-refractivity contribution in [2.24, 2.45) is 0 Å². The SMILES string of the molecule is COC(=O)N(C1c2ccccc2-c2ccccc21)[C@@H](CCc1ccc(C(F)(F)F)cc1)C(=O)O. The molecule has 1 atom stereocenters. The predicted octanol–water partition coefficient (Wildman–Crippen LogP) is 5.93. The van der Waals surface area contributed by atoms with Crippen molar-refractivity contribution in [1.82, 2.24) is 4.90 Å². The van der Waals surface area contributed by atoms with Crippen molar-refractivity contribution in [3.05, 3.63) is 95.1 Å². The molecule has 8 heteroatoms. The van der Waals surface area contributed by atoms with Crippen molar-refractivity contribution in [2.45, 2.75) is 31.1 Å². The van der Waals surface area contributed by atoms with Gasteiger partial charge < -0.3 is 9.84 Å². The zero-order valence-electron chi connectivity index (χ0n) is 18.3. The number of carboxylic acid groups (broad SMARTS) is 1. The van der Waals surface area contributed by atoms with Crippen LogP contribution in [0.1, 0.15) is 34.7 Å². The molecule has 176 valence electrons. The van der Waals surface area contributed by atoms with Crippen LogP contribution in [-0.4, -0.2) is 35.2 Å². The lowest BCUT2D eigenvalue weighted by Gasteiger charge is -2.34. The summed E-state index contributed by atoms with van der Waals surface area (Å²) in [7, 11) is 1.19. The highest BCUT2D eigenvalue weighted by molar-refractivity contribution is 5.85. The van der Waals surface area contributed by atoms with Crippen LogP contribution in [0.4, 0.5) is 18.0 Å². The highest BCUT2D eigenvalue weighted by Gasteiger charge is 2.42. The summed E-state index contributed by atoms with van der Waals surface area (Å²) in [6.07, 6.45) is -5.08. The van der Waals surface area contributed by atoms with E-state index in [1.165, 1.54) is 24.1 Å². The predicted molar refractivity (Wildman–Crippen MR) is 119 cm³/mol. The summed E-state index contributed by atoms with van der Waals surface area (Å²) < 4.78 is 43.5. The number of carboxylic acids is 1. The zero-order valence-corrected chi connectivity index (χ0v) is 18.3. The Labute approximate surface area is 194 Å². The van der Waals surface area contributed by atoms with E-state index in [2.05, 4.69) is 0 Å². The average Bonchev–Trinajstić information content (AvgIpc) is 3.15. The number of halogens is 3. The number of methoxy groups -OCH3 is 1. The summed E-state index contributed by atoms with van der Waals surface area (Å²) in [6.45, 7) is 0. The third-order valence-electron chi connectivity index (χ3n) is 6.07. The second kappa shape index (κ2) is 9.21. The summed E-state index contributed by atoms with van der Waals surface area (Å²) in [5.41, 5.74) is 3.15. The first-order valence-corrected chi connectivity index (χ1v) is 10.7. The summed E-state index contributed by atoms with van der Waals surface area (Å²) in [4.78, 5) is 26.5. The Balaban J connectivity index is 1.68. The van der Waals surface area contributed by atoms with E-state index in [-0.39, 0.29) is 12.8 Å². The third-order valence-corrected chi connectivity index (χ3v) is 6.07. The van der Waals surface area contributed by atoms with E-state index in [4.69, 9.17) is 4.74 Å². The van der Waals surface area contributed by atoms with Crippen LogP contribution in [0.15, 0.2) is 72.8 Å². The van der Waals surface area contributed by atoms with Gasteiger partial charge in [-0.05, 0) is 52.8 Å². The lowest BCUT2D eigenvalue weighted by Crippen LogP contribution is -2.47. The number of ether oxygens (including phenoxy) is 1. The fourth-order valence-corrected chi connectivity index (χ4v) is 4.49. The molecule has 0 aliphatic heterocycles. The quantitative estimate of drug-likeness (QED) is 0.486. The number of carbonyl (C=O) groups excluding carboxylic acids is 1. The van der Waals surface area contributed by atoms with E-state index in [9.17, 15) is 27.9 Å². The van der Waals surface area contributed by atoms with Crippen molar-refractivity contribution >= 4 is 12.1 Å². The molecule has 5 nitrogen and oxygen atoms in total. The van der Waals surface area contributed by atoms with Gasteiger partial charge in [0.15, 0.2) is 0 Å². The Bertz CT molecular complexity index is 1160. The number of carbonyl (C=O) groups is 2. The van der Waals surface area contributed by atoms with E-state index in [1.807, 2.05) is 48.5 Å². The maximum absolute atomic E-state index is 12.9. The molecule has 0 spiro atoms. The highest BCUT2D eigenvalue weighted by atomic mass is 19.4. The minimum absolute atomic E-state index is 0.00334. The minimum Gasteiger partial charge on any atom is -0.480 e. The van der Waals surface area contributed by atoms with Crippen LogP contribution >= 0.6 is 0 Å². The normalized spacial score (nSPS) is 13.6. The Kier molecular flexibility index (Phi) is 6.32. The van der Waals surface area contributed by atoms with Crippen molar-refractivity contribution in [3.8, 4) is 11.1 Å². The number of alkyl halides is 3. The third kappa shape index (κ3) is 4.35. The maximum atomic E-state index is 12.9. The molecule has 0 fully saturated rings. The van der Waals surface area contributed by atoms with E-state index >= 15 is 0 Å². The van der Waals surface area contributed by atoms with Crippen LogP contribution in [0.2, 0.25) is 0 Å². The average molecular weight is 469 g/mol. The second-order valence-corrected chi connectivity index (χ2v) is 8.04. The Morgan fingerprint density at radius 2 is 1.47 bits per heavy atom. The van der Waals surface area contributed by atoms with Crippen molar-refractivity contribution in [3.63, 3.8) is 0 Å². The molecule has 0 heterocycles. The molecular formula is C26H22F3NO4. The van der Waals surface area contributed by atoms with Gasteiger partial charge in [-0.25, -0.2) is 9.59 Å². The number of nitrogens with zero attached hydrogens (tertiary/aromatic N) is 1. The molecule has 0 bridgehead atoms. The molecule has 1 N–H and O–H groups in total. The molecule has 1 aliphatic rings. The molecule has 34 heavy (non-hydrogen) atoms. The van der Waals surface area contributed by atoms with E-state index in [0.29, 0.717) is 5.56 Å². The highest BCUT2D eigenvalue weighted by Crippen LogP contribution is 2.47. The number of hydrogen-bond acceptors (Lipinski definition) is 3. The van der Waals surface area contributed by atoms with Crippen molar-refractivity contribution in [1.29, 1.82) is 0 Å². The summed E-state index contributed by atoms with van der Waals surface area (Å²) in [5.74, 6) is -1.22. The first-order valence-electron chi connectivity index (χ1n) is 10.7. The largest absolute Gasteiger partial charge is 0.480 e. The molecule has 0 aromatic heterocycles. The number of aryl methyl sites for hydroxylation is 1. The van der Waals surface area contributed by atoms with Crippen LogP contribution in [0, 0.1) is 0 Å². The van der Waals surface area contributed by atoms with Crippen molar-refractivity contribution < 1.29 is 32.6 Å². The van der Waals surface area contributed by atoms with Gasteiger partial charge in [-0.2, -0.15) is 13.2 Å². The van der Waals surface area contributed by atoms with Gasteiger partial charge in [-0.15, -0.1) is 0 Å². The van der Waals surface area contributed by atoms with Gasteiger partial charge in [-0.3, -0.25) is 4.90 Å². The van der Waals surface area contributed by atoms with E-state index < -0.39 is 35.9 Å². The Morgan fingerprint density at radius 1 is 0.941 bits per heavy atom. The fraction of sp³-hybridized carbons (Fsp3) is 0.231. The van der Waals surface area contributed by atoms with Gasteiger partial charge in [0.25, 0.3) is 0 Å². The Morgan fingerprint density at radius 3 is 1.94 bits per heavy atom. The van der Waals surface area contributed by atoms with Crippen LogP contribution in [0.5, 0.6) is 0 Å². The van der Waals surface area contributed by atoms with Crippen molar-refractivity contribution in [2.75, 3.05) is 7.11 Å². The fourth-order valence-electron chi connectivity index (χ4n) is 4.49. The number of amides is 1. The number of rotatable bonds is 6.